The van der Waals surface area contributed by atoms with Gasteiger partial charge in [-0.15, -0.1) is 0 Å². The molecular formula is C26H31F3N2O5S. The highest BCUT2D eigenvalue weighted by atomic mass is 32.2. The van der Waals surface area contributed by atoms with Crippen LogP contribution in [0.1, 0.15) is 64.9 Å². The van der Waals surface area contributed by atoms with Gasteiger partial charge in [-0.1, -0.05) is 63.9 Å². The predicted octanol–water partition coefficient (Wildman–Crippen LogP) is 5.92. The summed E-state index contributed by atoms with van der Waals surface area (Å²) in [5, 5.41) is 10.2. The summed E-state index contributed by atoms with van der Waals surface area (Å²) in [7, 11) is -4.54. The van der Waals surface area contributed by atoms with Crippen molar-refractivity contribution in [2.24, 2.45) is 0 Å². The summed E-state index contributed by atoms with van der Waals surface area (Å²) in [4.78, 5) is 16.7. The predicted molar refractivity (Wildman–Crippen MR) is 132 cm³/mol. The number of halogens is 3. The number of carbonyl (C=O) groups excluding carboxylic acids is 1. The van der Waals surface area contributed by atoms with E-state index in [4.69, 9.17) is 4.74 Å². The molecule has 7 nitrogen and oxygen atoms in total. The van der Waals surface area contributed by atoms with E-state index in [9.17, 15) is 31.5 Å². The Kier molecular flexibility index (Phi) is 8.69. The Morgan fingerprint density at radius 1 is 1.14 bits per heavy atom. The smallest absolute Gasteiger partial charge is 0.417 e. The third kappa shape index (κ3) is 6.32. The second kappa shape index (κ2) is 11.2. The number of hydrogen-bond acceptors (Lipinski definition) is 6. The molecule has 2 heterocycles. The number of sulfonamides is 1. The molecule has 0 aliphatic carbocycles. The molecule has 0 saturated carbocycles. The minimum Gasteiger partial charge on any atom is -0.512 e. The summed E-state index contributed by atoms with van der Waals surface area (Å²) in [6, 6.07) is 7.27. The summed E-state index contributed by atoms with van der Waals surface area (Å²) in [5.41, 5.74) is -2.19. The van der Waals surface area contributed by atoms with Crippen LogP contribution >= 0.6 is 0 Å². The van der Waals surface area contributed by atoms with Crippen LogP contribution in [-0.4, -0.2) is 36.1 Å². The molecule has 0 radical (unpaired) electrons. The zero-order chi connectivity index (χ0) is 27.4. The molecule has 37 heavy (non-hydrogen) atoms. The third-order valence-electron chi connectivity index (χ3n) is 6.31. The van der Waals surface area contributed by atoms with Crippen molar-refractivity contribution in [2.45, 2.75) is 82.1 Å². The second-order valence-electron chi connectivity index (χ2n) is 9.13. The van der Waals surface area contributed by atoms with Gasteiger partial charge in [0.1, 0.15) is 11.4 Å². The maximum Gasteiger partial charge on any atom is 0.417 e. The molecule has 0 spiro atoms. The van der Waals surface area contributed by atoms with Gasteiger partial charge in [0.15, 0.2) is 5.03 Å². The van der Waals surface area contributed by atoms with E-state index >= 15 is 0 Å². The Bertz CT molecular complexity index is 1250. The standard InChI is InChI=1S/C26H31F3N2O5S/c1-4-12-25(13-5-2)15-21(32)22(24(33)36-25)20(6-3)31-37(34,35)23-19(17-10-8-7-9-11-17)14-18(16-30-23)26(27,28)29/h7-11,14,16,20,31-32H,4-6,12-13,15H2,1-3H3. The molecule has 3 rings (SSSR count). The highest BCUT2D eigenvalue weighted by molar-refractivity contribution is 7.89. The number of ether oxygens (including phenoxy) is 1. The normalized spacial score (nSPS) is 17.0. The molecule has 0 saturated heterocycles. The third-order valence-corrected chi connectivity index (χ3v) is 7.74. The number of nitrogens with one attached hydrogen (secondary N) is 1. The van der Waals surface area contributed by atoms with Crippen LogP contribution in [0.5, 0.6) is 0 Å². The fourth-order valence-corrected chi connectivity index (χ4v) is 6.13. The Balaban J connectivity index is 2.03. The van der Waals surface area contributed by atoms with Crippen LogP contribution < -0.4 is 4.72 Å². The average molecular weight is 541 g/mol. The van der Waals surface area contributed by atoms with E-state index < -0.39 is 44.4 Å². The van der Waals surface area contributed by atoms with Crippen LogP contribution in [0.25, 0.3) is 11.1 Å². The fourth-order valence-electron chi connectivity index (χ4n) is 4.70. The summed E-state index contributed by atoms with van der Waals surface area (Å²) < 4.78 is 75.1. The lowest BCUT2D eigenvalue weighted by Crippen LogP contribution is -2.46. The van der Waals surface area contributed by atoms with Crippen LogP contribution in [0.15, 0.2) is 59.0 Å². The van der Waals surface area contributed by atoms with Crippen molar-refractivity contribution >= 4 is 16.0 Å². The molecule has 1 unspecified atom stereocenters. The number of aliphatic hydroxyl groups is 1. The van der Waals surface area contributed by atoms with Crippen molar-refractivity contribution in [1.82, 2.24) is 9.71 Å². The molecule has 1 atom stereocenters. The van der Waals surface area contributed by atoms with E-state index in [-0.39, 0.29) is 35.3 Å². The van der Waals surface area contributed by atoms with Gasteiger partial charge in [0.05, 0.1) is 17.2 Å². The van der Waals surface area contributed by atoms with Gasteiger partial charge < -0.3 is 9.84 Å². The van der Waals surface area contributed by atoms with Gasteiger partial charge in [0.25, 0.3) is 10.0 Å². The highest BCUT2D eigenvalue weighted by Gasteiger charge is 2.43. The van der Waals surface area contributed by atoms with Gasteiger partial charge >= 0.3 is 12.1 Å². The van der Waals surface area contributed by atoms with Crippen LogP contribution in [0.4, 0.5) is 13.2 Å². The summed E-state index contributed by atoms with van der Waals surface area (Å²) in [6.07, 6.45) is -1.61. The Morgan fingerprint density at radius 2 is 1.76 bits per heavy atom. The Morgan fingerprint density at radius 3 is 2.27 bits per heavy atom. The molecule has 2 N–H and O–H groups in total. The number of rotatable bonds is 10. The van der Waals surface area contributed by atoms with Crippen molar-refractivity contribution in [3.05, 3.63) is 59.5 Å². The lowest BCUT2D eigenvalue weighted by molar-refractivity contribution is -0.161. The number of carbonyl (C=O) groups is 1. The summed E-state index contributed by atoms with van der Waals surface area (Å²) in [5.74, 6) is -1.07. The molecule has 1 aromatic heterocycles. The minimum atomic E-state index is -4.73. The Hall–Kier alpha value is -2.92. The minimum absolute atomic E-state index is 0.0573. The number of esters is 1. The number of benzene rings is 1. The van der Waals surface area contributed by atoms with E-state index in [1.165, 1.54) is 12.1 Å². The number of pyridine rings is 1. The van der Waals surface area contributed by atoms with Crippen molar-refractivity contribution in [2.75, 3.05) is 0 Å². The van der Waals surface area contributed by atoms with Crippen LogP contribution in [0, 0.1) is 0 Å². The maximum absolute atomic E-state index is 13.4. The lowest BCUT2D eigenvalue weighted by Gasteiger charge is -2.38. The van der Waals surface area contributed by atoms with Gasteiger partial charge in [-0.2, -0.15) is 13.2 Å². The number of aliphatic hydroxyl groups excluding tert-OH is 1. The van der Waals surface area contributed by atoms with E-state index in [1.807, 2.05) is 13.8 Å². The van der Waals surface area contributed by atoms with E-state index in [2.05, 4.69) is 9.71 Å². The molecule has 2 aromatic rings. The first-order valence-electron chi connectivity index (χ1n) is 12.2. The zero-order valence-electron chi connectivity index (χ0n) is 20.9. The van der Waals surface area contributed by atoms with Crippen molar-refractivity contribution in [3.8, 4) is 11.1 Å². The zero-order valence-corrected chi connectivity index (χ0v) is 21.7. The second-order valence-corrected chi connectivity index (χ2v) is 10.8. The topological polar surface area (TPSA) is 106 Å². The van der Waals surface area contributed by atoms with Crippen LogP contribution in [0.3, 0.4) is 0 Å². The van der Waals surface area contributed by atoms with Gasteiger partial charge in [0.2, 0.25) is 0 Å². The number of nitrogens with zero attached hydrogens (tertiary/aromatic N) is 1. The molecular weight excluding hydrogens is 509 g/mol. The van der Waals surface area contributed by atoms with Crippen LogP contribution in [0.2, 0.25) is 0 Å². The summed E-state index contributed by atoms with van der Waals surface area (Å²) in [6.45, 7) is 5.48. The number of cyclic esters (lactones) is 1. The largest absolute Gasteiger partial charge is 0.512 e. The molecule has 0 amide bonds. The molecule has 1 aromatic carbocycles. The van der Waals surface area contributed by atoms with Crippen LogP contribution in [-0.2, 0) is 25.7 Å². The first-order valence-corrected chi connectivity index (χ1v) is 13.7. The SMILES string of the molecule is CCCC1(CCC)CC(O)=C(C(CC)NS(=O)(=O)c2ncc(C(F)(F)F)cc2-c2ccccc2)C(=O)O1. The quantitative estimate of drug-likeness (QED) is 0.362. The fraction of sp³-hybridized carbons (Fsp3) is 0.462. The first kappa shape index (κ1) is 28.6. The van der Waals surface area contributed by atoms with Gasteiger partial charge in [-0.3, -0.25) is 0 Å². The average Bonchev–Trinajstić information content (AvgIpc) is 2.82. The number of aromatic nitrogens is 1. The van der Waals surface area contributed by atoms with E-state index in [0.717, 1.165) is 18.9 Å². The van der Waals surface area contributed by atoms with Crippen molar-refractivity contribution < 1.29 is 36.2 Å². The monoisotopic (exact) mass is 540 g/mol. The number of hydrogen-bond donors (Lipinski definition) is 2. The molecule has 1 aliphatic rings. The van der Waals surface area contributed by atoms with Gasteiger partial charge in [-0.25, -0.2) is 22.9 Å². The number of alkyl halides is 3. The lowest BCUT2D eigenvalue weighted by atomic mass is 9.84. The molecule has 202 valence electrons. The first-order chi connectivity index (χ1) is 17.4. The van der Waals surface area contributed by atoms with Gasteiger partial charge in [0, 0.05) is 18.2 Å². The van der Waals surface area contributed by atoms with Crippen molar-refractivity contribution in [1.29, 1.82) is 0 Å². The summed E-state index contributed by atoms with van der Waals surface area (Å²) >= 11 is 0. The molecule has 0 fully saturated rings. The van der Waals surface area contributed by atoms with Crippen molar-refractivity contribution in [3.63, 3.8) is 0 Å². The maximum atomic E-state index is 13.4. The Labute approximate surface area is 214 Å². The highest BCUT2D eigenvalue weighted by Crippen LogP contribution is 2.38. The van der Waals surface area contributed by atoms with Gasteiger partial charge in [-0.05, 0) is 30.9 Å². The van der Waals surface area contributed by atoms with E-state index in [1.54, 1.807) is 25.1 Å². The molecule has 11 heteroatoms. The van der Waals surface area contributed by atoms with E-state index in [0.29, 0.717) is 19.0 Å². The molecule has 1 aliphatic heterocycles. The molecule has 0 bridgehead atoms.